The second kappa shape index (κ2) is 145. The Morgan fingerprint density at radius 2 is 1.25 bits per heavy atom. The molecule has 0 atom stereocenters. The van der Waals surface area contributed by atoms with Gasteiger partial charge in [-0.1, -0.05) is 0 Å². The van der Waals surface area contributed by atoms with Crippen LogP contribution < -0.4 is 0 Å². The molecule has 0 heterocycles. The molecule has 0 unspecified atom stereocenters. The second-order valence-corrected chi connectivity index (χ2v) is 0. The average Bonchev–Trinajstić information content (AvgIpc) is 1.50. The topological polar surface area (TPSA) is 34.1 Å². The van der Waals surface area contributed by atoms with E-state index in [1.54, 1.807) is 0 Å². The average molecular weight is 135 g/mol. The van der Waals surface area contributed by atoms with Gasteiger partial charge in [-0.15, -0.1) is 0 Å². The summed E-state index contributed by atoms with van der Waals surface area (Å²) in [4.78, 5) is 0. The third kappa shape index (κ3) is 33.7. The van der Waals surface area contributed by atoms with Gasteiger partial charge in [0.15, 0.2) is 0 Å². The number of rotatable bonds is 0. The molecule has 0 N–H and O–H groups in total. The van der Waals surface area contributed by atoms with E-state index < -0.39 is 0 Å². The van der Waals surface area contributed by atoms with E-state index in [1.807, 2.05) is 0 Å². The summed E-state index contributed by atoms with van der Waals surface area (Å²) in [5.74, 6) is 0. The van der Waals surface area contributed by atoms with Crippen LogP contribution in [0.5, 0.6) is 0 Å². The van der Waals surface area contributed by atoms with Crippen LogP contribution in [0.15, 0.2) is 0 Å². The quantitative estimate of drug-likeness (QED) is 0.377. The molecule has 0 spiro atoms. The van der Waals surface area contributed by atoms with Gasteiger partial charge in [-0.2, -0.15) is 0 Å². The van der Waals surface area contributed by atoms with Crippen molar-refractivity contribution in [3.8, 4) is 0 Å². The van der Waals surface area contributed by atoms with Crippen LogP contribution in [0.2, 0.25) is 0 Å². The Hall–Kier alpha value is 0.360. The van der Waals surface area contributed by atoms with Gasteiger partial charge in [-0.05, 0) is 0 Å². The number of hydrogen-bond acceptors (Lipinski definition) is 2. The molecule has 0 saturated heterocycles. The Kier molecular flexibility index (Phi) is 319. The Morgan fingerprint density at radius 3 is 1.25 bits per heavy atom. The Bertz CT molecular complexity index is 8.00. The van der Waals surface area contributed by atoms with Crippen molar-refractivity contribution < 1.29 is 8.24 Å². The standard InChI is InChI=1S/GeHO.HOSi/c2*1-2/h1H;2H. The Labute approximate surface area is 35.5 Å². The molecule has 0 bridgehead atoms. The van der Waals surface area contributed by atoms with Gasteiger partial charge in [0, 0.05) is 0 Å². The zero-order chi connectivity index (χ0) is 4.00. The molecular formula is H2GeO2Si. The molecule has 0 aliphatic rings. The maximum atomic E-state index is 8.31. The molecule has 2 nitrogen and oxygen atoms in total. The second-order valence-electron chi connectivity index (χ2n) is 0. The van der Waals surface area contributed by atoms with E-state index in [-0.39, 0.29) is 0 Å². The van der Waals surface area contributed by atoms with Gasteiger partial charge in [0.1, 0.15) is 0 Å². The first-order valence-electron chi connectivity index (χ1n) is 0.471. The fourth-order valence-corrected chi connectivity index (χ4v) is 0. The van der Waals surface area contributed by atoms with E-state index in [0.717, 1.165) is 0 Å². The zero-order valence-corrected chi connectivity index (χ0v) is 5.55. The molecular weight excluding hydrogens is 133 g/mol. The summed E-state index contributed by atoms with van der Waals surface area (Å²) in [5, 5.41) is 0. The molecule has 0 aromatic rings. The maximum absolute atomic E-state index is 8.31. The molecule has 0 aromatic carbocycles. The van der Waals surface area contributed by atoms with Crippen molar-refractivity contribution in [2.75, 3.05) is 0 Å². The van der Waals surface area contributed by atoms with Crippen molar-refractivity contribution in [3.05, 3.63) is 0 Å². The van der Waals surface area contributed by atoms with Crippen LogP contribution in [-0.4, -0.2) is 26.6 Å². The Morgan fingerprint density at radius 1 is 1.25 bits per heavy atom. The van der Waals surface area contributed by atoms with Gasteiger partial charge in [0.25, 0.3) is 0 Å². The summed E-state index contributed by atoms with van der Waals surface area (Å²) in [6.45, 7) is 0. The summed E-state index contributed by atoms with van der Waals surface area (Å²) in [6, 6.07) is 0. The van der Waals surface area contributed by atoms with Crippen LogP contribution in [0.25, 0.3) is 0 Å². The summed E-state index contributed by atoms with van der Waals surface area (Å²) < 4.78 is 16.5. The third-order valence-electron chi connectivity index (χ3n) is 0. The number of hydrogen-bond donors (Lipinski definition) is 0. The SMILES string of the molecule is O=[SiH].[O]=[GeH]. The van der Waals surface area contributed by atoms with Gasteiger partial charge in [-0.25, -0.2) is 0 Å². The van der Waals surface area contributed by atoms with Gasteiger partial charge in [-0.3, -0.25) is 0 Å². The normalized spacial score (nSPS) is 2.00. The molecule has 2 radical (unpaired) electrons. The molecule has 0 saturated carbocycles. The molecule has 0 fully saturated rings. The van der Waals surface area contributed by atoms with Crippen molar-refractivity contribution in [2.24, 2.45) is 0 Å². The van der Waals surface area contributed by atoms with E-state index in [4.69, 9.17) is 8.24 Å². The van der Waals surface area contributed by atoms with Crippen LogP contribution in [0, 0.1) is 0 Å². The van der Waals surface area contributed by atoms with Gasteiger partial charge < -0.3 is 4.46 Å². The van der Waals surface area contributed by atoms with E-state index in [1.165, 1.54) is 10.1 Å². The van der Waals surface area contributed by atoms with E-state index in [2.05, 4.69) is 0 Å². The van der Waals surface area contributed by atoms with Crippen molar-refractivity contribution in [1.29, 1.82) is 0 Å². The molecule has 0 aliphatic carbocycles. The van der Waals surface area contributed by atoms with Crippen LogP contribution >= 0.6 is 0 Å². The first kappa shape index (κ1) is 8.84. The molecule has 0 aliphatic heterocycles. The van der Waals surface area contributed by atoms with Gasteiger partial charge in [0.2, 0.25) is 0 Å². The fourth-order valence-electron chi connectivity index (χ4n) is 0. The van der Waals surface area contributed by atoms with Crippen LogP contribution in [0.4, 0.5) is 0 Å². The summed E-state index contributed by atoms with van der Waals surface area (Å²) in [7, 11) is 1.17. The van der Waals surface area contributed by atoms with Gasteiger partial charge >= 0.3 is 30.4 Å². The monoisotopic (exact) mass is 136 g/mol. The molecule has 0 rings (SSSR count). The molecule has 4 heavy (non-hydrogen) atoms. The minimum atomic E-state index is 0.438. The van der Waals surface area contributed by atoms with Crippen LogP contribution in [0.1, 0.15) is 0 Å². The predicted octanol–water partition coefficient (Wildman–Crippen LogP) is -1.53. The summed E-state index contributed by atoms with van der Waals surface area (Å²) in [5.41, 5.74) is 0. The van der Waals surface area contributed by atoms with Crippen LogP contribution in [0.3, 0.4) is 0 Å². The van der Waals surface area contributed by atoms with E-state index in [9.17, 15) is 0 Å². The van der Waals surface area contributed by atoms with E-state index >= 15 is 0 Å². The van der Waals surface area contributed by atoms with Crippen molar-refractivity contribution in [1.82, 2.24) is 0 Å². The summed E-state index contributed by atoms with van der Waals surface area (Å²) in [6.07, 6.45) is 0. The van der Waals surface area contributed by atoms with Gasteiger partial charge in [0.05, 0.1) is 0 Å². The zero-order valence-electron chi connectivity index (χ0n) is 1.97. The molecule has 4 heteroatoms. The molecule has 22 valence electrons. The fraction of sp³-hybridized carbons (Fsp3) is 0. The summed E-state index contributed by atoms with van der Waals surface area (Å²) >= 11 is 0.438. The minimum absolute atomic E-state index is 0.438. The third-order valence-corrected chi connectivity index (χ3v) is 0. The van der Waals surface area contributed by atoms with Crippen molar-refractivity contribution in [3.63, 3.8) is 0 Å². The molecule has 0 amide bonds. The van der Waals surface area contributed by atoms with E-state index in [0.29, 0.717) is 16.5 Å². The first-order chi connectivity index (χ1) is 2.00. The van der Waals surface area contributed by atoms with Crippen molar-refractivity contribution in [2.45, 2.75) is 0 Å². The molecule has 0 aromatic heterocycles. The van der Waals surface area contributed by atoms with Crippen LogP contribution in [-0.2, 0) is 8.24 Å². The predicted molar refractivity (Wildman–Crippen MR) is 15.7 cm³/mol. The first-order valence-corrected chi connectivity index (χ1v) is 1.93. The Balaban J connectivity index is 0. The van der Waals surface area contributed by atoms with Crippen molar-refractivity contribution >= 4 is 26.6 Å².